The minimum atomic E-state index is -1.13. The van der Waals surface area contributed by atoms with Crippen LogP contribution in [0.1, 0.15) is 11.7 Å². The summed E-state index contributed by atoms with van der Waals surface area (Å²) < 4.78 is 2.35. The van der Waals surface area contributed by atoms with Crippen molar-refractivity contribution in [1.82, 2.24) is 9.55 Å². The van der Waals surface area contributed by atoms with Crippen molar-refractivity contribution in [3.63, 3.8) is 0 Å². The number of aromatic amines is 1. The van der Waals surface area contributed by atoms with E-state index in [1.165, 1.54) is 0 Å². The van der Waals surface area contributed by atoms with Gasteiger partial charge in [0, 0.05) is 23.0 Å². The molecule has 20 heavy (non-hydrogen) atoms. The molecule has 8 heteroatoms. The van der Waals surface area contributed by atoms with Crippen LogP contribution in [0.2, 0.25) is 0 Å². The summed E-state index contributed by atoms with van der Waals surface area (Å²) >= 11 is 5.11. The standard InChI is InChI=1S/C12H13N5O2S/c13-16-15-7-10(18)11(19)8-1-3-9(4-2-8)17-6-5-14-12(17)20/h1-6,10-11,18-19H,7H2,(H,14,20). The Morgan fingerprint density at radius 3 is 2.60 bits per heavy atom. The number of nitrogens with zero attached hydrogens (tertiary/aromatic N) is 4. The molecule has 0 fully saturated rings. The van der Waals surface area contributed by atoms with Crippen LogP contribution in [-0.4, -0.2) is 32.4 Å². The predicted octanol–water partition coefficient (Wildman–Crippen LogP) is 2.24. The Balaban J connectivity index is 2.18. The second-order valence-electron chi connectivity index (χ2n) is 4.15. The molecule has 104 valence electrons. The van der Waals surface area contributed by atoms with E-state index in [1.54, 1.807) is 41.2 Å². The molecule has 0 spiro atoms. The molecule has 1 aromatic carbocycles. The lowest BCUT2D eigenvalue weighted by atomic mass is 10.0. The molecule has 1 heterocycles. The van der Waals surface area contributed by atoms with E-state index < -0.39 is 12.2 Å². The average molecular weight is 291 g/mol. The van der Waals surface area contributed by atoms with Gasteiger partial charge in [0.15, 0.2) is 4.77 Å². The normalized spacial score (nSPS) is 13.5. The van der Waals surface area contributed by atoms with Crippen molar-refractivity contribution in [1.29, 1.82) is 0 Å². The molecule has 3 N–H and O–H groups in total. The number of hydrogen-bond acceptors (Lipinski definition) is 4. The van der Waals surface area contributed by atoms with Gasteiger partial charge < -0.3 is 15.2 Å². The molecule has 2 unspecified atom stereocenters. The molecular formula is C12H13N5O2S. The van der Waals surface area contributed by atoms with Crippen LogP contribution in [0.5, 0.6) is 0 Å². The van der Waals surface area contributed by atoms with Crippen LogP contribution >= 0.6 is 12.2 Å². The molecule has 0 aliphatic carbocycles. The summed E-state index contributed by atoms with van der Waals surface area (Å²) in [5.74, 6) is 0. The number of benzene rings is 1. The number of rotatable bonds is 5. The molecule has 2 atom stereocenters. The maximum atomic E-state index is 9.92. The van der Waals surface area contributed by atoms with Gasteiger partial charge in [0.2, 0.25) is 0 Å². The van der Waals surface area contributed by atoms with Crippen molar-refractivity contribution < 1.29 is 10.2 Å². The van der Waals surface area contributed by atoms with E-state index >= 15 is 0 Å². The van der Waals surface area contributed by atoms with Gasteiger partial charge >= 0.3 is 0 Å². The third-order valence-corrected chi connectivity index (χ3v) is 3.17. The fourth-order valence-electron chi connectivity index (χ4n) is 1.80. The Bertz CT molecular complexity index is 672. The van der Waals surface area contributed by atoms with Gasteiger partial charge in [-0.1, -0.05) is 17.2 Å². The second kappa shape index (κ2) is 6.36. The highest BCUT2D eigenvalue weighted by atomic mass is 32.1. The lowest BCUT2D eigenvalue weighted by Gasteiger charge is -2.16. The van der Waals surface area contributed by atoms with Gasteiger partial charge in [-0.2, -0.15) is 0 Å². The third kappa shape index (κ3) is 3.06. The van der Waals surface area contributed by atoms with Gasteiger partial charge in [0.05, 0.1) is 12.6 Å². The zero-order valence-electron chi connectivity index (χ0n) is 10.4. The van der Waals surface area contributed by atoms with Gasteiger partial charge in [0.1, 0.15) is 6.10 Å². The zero-order valence-corrected chi connectivity index (χ0v) is 11.2. The number of hydrogen-bond donors (Lipinski definition) is 3. The van der Waals surface area contributed by atoms with Crippen LogP contribution in [0.4, 0.5) is 0 Å². The van der Waals surface area contributed by atoms with Gasteiger partial charge in [0.25, 0.3) is 0 Å². The Labute approximate surface area is 119 Å². The minimum Gasteiger partial charge on any atom is -0.390 e. The van der Waals surface area contributed by atoms with Gasteiger partial charge in [-0.25, -0.2) is 0 Å². The first-order valence-electron chi connectivity index (χ1n) is 5.87. The van der Waals surface area contributed by atoms with Crippen molar-refractivity contribution in [3.05, 3.63) is 57.4 Å². The molecule has 2 aromatic rings. The van der Waals surface area contributed by atoms with Crippen molar-refractivity contribution in [2.24, 2.45) is 5.11 Å². The van der Waals surface area contributed by atoms with E-state index in [9.17, 15) is 10.2 Å². The Kier molecular flexibility index (Phi) is 4.54. The summed E-state index contributed by atoms with van der Waals surface area (Å²) in [6, 6.07) is 6.94. The molecule has 7 nitrogen and oxygen atoms in total. The molecule has 0 saturated heterocycles. The van der Waals surface area contributed by atoms with Gasteiger partial charge in [-0.3, -0.25) is 4.57 Å². The highest BCUT2D eigenvalue weighted by Gasteiger charge is 2.17. The van der Waals surface area contributed by atoms with Gasteiger partial charge in [-0.15, -0.1) is 0 Å². The molecule has 0 amide bonds. The third-order valence-electron chi connectivity index (χ3n) is 2.86. The summed E-state index contributed by atoms with van der Waals surface area (Å²) in [7, 11) is 0. The maximum absolute atomic E-state index is 9.92. The number of aliphatic hydroxyl groups is 2. The van der Waals surface area contributed by atoms with Crippen molar-refractivity contribution in [2.75, 3.05) is 6.54 Å². The van der Waals surface area contributed by atoms with Crippen LogP contribution in [-0.2, 0) is 0 Å². The SMILES string of the molecule is [N-]=[N+]=NCC(O)C(O)c1ccc(-n2cc[nH]c2=S)cc1. The highest BCUT2D eigenvalue weighted by Crippen LogP contribution is 2.19. The fraction of sp³-hybridized carbons (Fsp3) is 0.250. The summed E-state index contributed by atoms with van der Waals surface area (Å²) in [4.78, 5) is 5.43. The van der Waals surface area contributed by atoms with Crippen LogP contribution in [0, 0.1) is 4.77 Å². The first kappa shape index (κ1) is 14.3. The van der Waals surface area contributed by atoms with Crippen LogP contribution in [0.15, 0.2) is 41.8 Å². The summed E-state index contributed by atoms with van der Waals surface area (Å²) in [6.45, 7) is -0.178. The molecule has 1 aromatic heterocycles. The number of H-pyrrole nitrogens is 1. The first-order chi connectivity index (χ1) is 9.63. The quantitative estimate of drug-likeness (QED) is 0.340. The molecular weight excluding hydrogens is 278 g/mol. The first-order valence-corrected chi connectivity index (χ1v) is 6.27. The van der Waals surface area contributed by atoms with E-state index in [-0.39, 0.29) is 6.54 Å². The maximum Gasteiger partial charge on any atom is 0.181 e. The summed E-state index contributed by atoms with van der Waals surface area (Å²) in [5, 5.41) is 22.8. The van der Waals surface area contributed by atoms with Crippen molar-refractivity contribution in [2.45, 2.75) is 12.2 Å². The second-order valence-corrected chi connectivity index (χ2v) is 4.54. The number of imidazole rings is 1. The monoisotopic (exact) mass is 291 g/mol. The Morgan fingerprint density at radius 2 is 2.05 bits per heavy atom. The van der Waals surface area contributed by atoms with E-state index in [0.29, 0.717) is 10.3 Å². The zero-order chi connectivity index (χ0) is 14.5. The van der Waals surface area contributed by atoms with E-state index in [4.69, 9.17) is 17.7 Å². The van der Waals surface area contributed by atoms with Gasteiger partial charge in [-0.05, 0) is 35.4 Å². The van der Waals surface area contributed by atoms with E-state index in [0.717, 1.165) is 5.69 Å². The lowest BCUT2D eigenvalue weighted by molar-refractivity contribution is 0.0244. The Hall–Kier alpha value is -2.12. The lowest BCUT2D eigenvalue weighted by Crippen LogP contribution is -2.21. The van der Waals surface area contributed by atoms with Crippen molar-refractivity contribution in [3.8, 4) is 5.69 Å². The number of aromatic nitrogens is 2. The highest BCUT2D eigenvalue weighted by molar-refractivity contribution is 7.71. The topological polar surface area (TPSA) is 110 Å². The van der Waals surface area contributed by atoms with Crippen molar-refractivity contribution >= 4 is 12.2 Å². The van der Waals surface area contributed by atoms with E-state index in [1.807, 2.05) is 0 Å². The summed E-state index contributed by atoms with van der Waals surface area (Å²) in [5.41, 5.74) is 9.57. The molecule has 0 saturated carbocycles. The number of aliphatic hydroxyl groups excluding tert-OH is 2. The summed E-state index contributed by atoms with van der Waals surface area (Å²) in [6.07, 6.45) is 1.29. The number of nitrogens with one attached hydrogen (secondary N) is 1. The molecule has 0 aliphatic heterocycles. The smallest absolute Gasteiger partial charge is 0.181 e. The van der Waals surface area contributed by atoms with Crippen LogP contribution in [0.25, 0.3) is 16.1 Å². The largest absolute Gasteiger partial charge is 0.390 e. The van der Waals surface area contributed by atoms with Crippen LogP contribution in [0.3, 0.4) is 0 Å². The fourth-order valence-corrected chi connectivity index (χ4v) is 2.03. The van der Waals surface area contributed by atoms with E-state index in [2.05, 4.69) is 15.0 Å². The predicted molar refractivity (Wildman–Crippen MR) is 75.9 cm³/mol. The van der Waals surface area contributed by atoms with Crippen LogP contribution < -0.4 is 0 Å². The number of azide groups is 1. The Morgan fingerprint density at radius 1 is 1.35 bits per heavy atom. The molecule has 0 bridgehead atoms. The average Bonchev–Trinajstić information content (AvgIpc) is 2.90. The minimum absolute atomic E-state index is 0.178. The molecule has 0 radical (unpaired) electrons. The molecule has 0 aliphatic rings. The molecule has 2 rings (SSSR count).